The molecule has 21 heteroatoms. The summed E-state index contributed by atoms with van der Waals surface area (Å²) in [6.07, 6.45) is 0.842. The zero-order valence-electron chi connectivity index (χ0n) is 25.8. The van der Waals surface area contributed by atoms with E-state index < -0.39 is 46.9 Å². The third kappa shape index (κ3) is 6.53. The number of hydrogen-bond donors (Lipinski definition) is 7. The maximum Gasteiger partial charge on any atom is 0.352 e. The Labute approximate surface area is 280 Å². The summed E-state index contributed by atoms with van der Waals surface area (Å²) in [5.74, 6) is 2.85. The van der Waals surface area contributed by atoms with E-state index in [0.717, 1.165) is 27.7 Å². The molecule has 5 rings (SSSR count). The van der Waals surface area contributed by atoms with Gasteiger partial charge in [0.15, 0.2) is 16.7 Å². The standard InChI is InChI=1S/C26H33N11O7S3/c1-10-11(2)29-15-6-35(12(3)38)34-37(15)21(10)45-7-13-8-46-22-17(20(40)36(22)18(13)23(41)42)31-19(39)16(14-9-47-25(27)30-14)33-44-26(4,5)24(43)32-28/h6,9,12,17,22,34,38H,7-8,28H2,1-5H3,(H2,27,30)(H,31,39)(H,32,43)(H,41,42)/b33-16-/t12-,17?,22+/m0/s1. The number of aliphatic carboxylic acids is 1. The Kier molecular flexibility index (Phi) is 9.57. The lowest BCUT2D eigenvalue weighted by atomic mass is 10.0. The van der Waals surface area contributed by atoms with E-state index in [0.29, 0.717) is 11.4 Å². The van der Waals surface area contributed by atoms with Gasteiger partial charge in [-0.25, -0.2) is 25.6 Å². The predicted molar refractivity (Wildman–Crippen MR) is 175 cm³/mol. The van der Waals surface area contributed by atoms with Gasteiger partial charge in [-0.05, 0) is 40.2 Å². The van der Waals surface area contributed by atoms with Crippen molar-refractivity contribution in [2.45, 2.75) is 57.9 Å². The summed E-state index contributed by atoms with van der Waals surface area (Å²) >= 11 is 3.72. The van der Waals surface area contributed by atoms with E-state index in [1.165, 1.54) is 52.7 Å². The van der Waals surface area contributed by atoms with E-state index in [9.17, 15) is 29.4 Å². The molecular formula is C26H33N11O7S3. The number of carboxylic acid groups (broad SMARTS) is 1. The van der Waals surface area contributed by atoms with Gasteiger partial charge in [0.25, 0.3) is 17.7 Å². The van der Waals surface area contributed by atoms with Crippen LogP contribution in [0, 0.1) is 0 Å². The number of aromatic nitrogens is 1. The van der Waals surface area contributed by atoms with Crippen LogP contribution in [-0.2, 0) is 24.0 Å². The zero-order chi connectivity index (χ0) is 34.4. The maximum atomic E-state index is 13.4. The van der Waals surface area contributed by atoms with Crippen molar-refractivity contribution in [3.8, 4) is 0 Å². The Balaban J connectivity index is 1.33. The number of thioether (sulfide) groups is 2. The van der Waals surface area contributed by atoms with Crippen molar-refractivity contribution in [2.75, 3.05) is 17.2 Å². The predicted octanol–water partition coefficient (Wildman–Crippen LogP) is -0.433. The molecule has 0 aromatic carbocycles. The summed E-state index contributed by atoms with van der Waals surface area (Å²) in [7, 11) is 0. The van der Waals surface area contributed by atoms with Gasteiger partial charge >= 0.3 is 5.97 Å². The second-order valence-electron chi connectivity index (χ2n) is 11.1. The highest BCUT2D eigenvalue weighted by atomic mass is 32.2. The molecule has 3 amide bonds. The molecule has 0 radical (unpaired) electrons. The molecule has 1 unspecified atom stereocenters. The minimum Gasteiger partial charge on any atom is -0.477 e. The number of allylic oxidation sites excluding steroid dienone is 1. The Morgan fingerprint density at radius 3 is 2.68 bits per heavy atom. The molecule has 0 aliphatic carbocycles. The zero-order valence-corrected chi connectivity index (χ0v) is 28.2. The number of carboxylic acids is 1. The Morgan fingerprint density at radius 2 is 2.06 bits per heavy atom. The monoisotopic (exact) mass is 707 g/mol. The fourth-order valence-corrected chi connectivity index (χ4v) is 7.88. The van der Waals surface area contributed by atoms with Crippen LogP contribution >= 0.6 is 34.9 Å². The normalized spacial score (nSPS) is 21.9. The summed E-state index contributed by atoms with van der Waals surface area (Å²) in [5, 5.41) is 31.6. The smallest absolute Gasteiger partial charge is 0.352 e. The number of fused-ring (bicyclic) bond motifs is 2. The molecule has 18 nitrogen and oxygen atoms in total. The topological polar surface area (TPSA) is 253 Å². The summed E-state index contributed by atoms with van der Waals surface area (Å²) in [5.41, 5.74) is 10.9. The Morgan fingerprint density at radius 1 is 1.34 bits per heavy atom. The molecule has 1 saturated heterocycles. The molecular weight excluding hydrogens is 675 g/mol. The molecule has 5 heterocycles. The fourth-order valence-electron chi connectivity index (χ4n) is 4.68. The number of carbonyl (C=O) groups is 4. The molecule has 9 N–H and O–H groups in total. The molecule has 3 atom stereocenters. The first-order chi connectivity index (χ1) is 22.1. The van der Waals surface area contributed by atoms with Gasteiger partial charge in [0.1, 0.15) is 29.0 Å². The first-order valence-electron chi connectivity index (χ1n) is 14.0. The summed E-state index contributed by atoms with van der Waals surface area (Å²) in [6, 6.07) is -1.08. The van der Waals surface area contributed by atoms with Crippen LogP contribution in [0.15, 0.2) is 49.4 Å². The second kappa shape index (κ2) is 13.2. The van der Waals surface area contributed by atoms with Crippen LogP contribution in [0.5, 0.6) is 0 Å². The third-order valence-corrected chi connectivity index (χ3v) is 10.7. The van der Waals surface area contributed by atoms with Crippen LogP contribution in [0.3, 0.4) is 0 Å². The first kappa shape index (κ1) is 34.2. The highest BCUT2D eigenvalue weighted by Gasteiger charge is 2.54. The van der Waals surface area contributed by atoms with Crippen molar-refractivity contribution >= 4 is 75.1 Å². The molecule has 1 aromatic rings. The average Bonchev–Trinajstić information content (AvgIpc) is 3.65. The van der Waals surface area contributed by atoms with Crippen molar-refractivity contribution in [3.63, 3.8) is 0 Å². The van der Waals surface area contributed by atoms with Crippen LogP contribution in [0.1, 0.15) is 40.3 Å². The number of aliphatic hydroxyl groups excluding tert-OH is 1. The van der Waals surface area contributed by atoms with E-state index in [1.807, 2.05) is 19.3 Å². The maximum absolute atomic E-state index is 13.4. The molecule has 1 fully saturated rings. The number of hydrazine groups is 3. The van der Waals surface area contributed by atoms with Crippen molar-refractivity contribution in [2.24, 2.45) is 16.0 Å². The second-order valence-corrected chi connectivity index (χ2v) is 14.0. The minimum absolute atomic E-state index is 0.0500. The number of carbonyl (C=O) groups excluding carboxylic acids is 3. The number of aliphatic hydroxyl groups is 1. The molecule has 0 bridgehead atoms. The molecule has 47 heavy (non-hydrogen) atoms. The quantitative estimate of drug-likeness (QED) is 0.0506. The average molecular weight is 708 g/mol. The number of nitrogens with two attached hydrogens (primary N) is 2. The van der Waals surface area contributed by atoms with Gasteiger partial charge in [0.2, 0.25) is 5.60 Å². The van der Waals surface area contributed by atoms with Crippen LogP contribution in [0.4, 0.5) is 5.13 Å². The minimum atomic E-state index is -1.56. The van der Waals surface area contributed by atoms with Gasteiger partial charge in [-0.2, -0.15) is 0 Å². The Hall–Kier alpha value is -4.15. The number of hydrogen-bond acceptors (Lipinski definition) is 17. The van der Waals surface area contributed by atoms with Crippen molar-refractivity contribution in [1.82, 2.24) is 36.2 Å². The number of β-lactam (4-membered cyclic amide) rings is 1. The number of aliphatic imine (C=N–C) groups is 1. The highest BCUT2D eigenvalue weighted by Crippen LogP contribution is 2.43. The molecule has 0 spiro atoms. The molecule has 4 aliphatic rings. The lowest BCUT2D eigenvalue weighted by Gasteiger charge is -2.49. The molecule has 252 valence electrons. The van der Waals surface area contributed by atoms with Gasteiger partial charge < -0.3 is 26.1 Å². The number of nitrogens with one attached hydrogen (secondary N) is 3. The van der Waals surface area contributed by atoms with Crippen LogP contribution in [-0.4, -0.2) is 100.0 Å². The van der Waals surface area contributed by atoms with Gasteiger partial charge in [0, 0.05) is 28.2 Å². The van der Waals surface area contributed by atoms with Gasteiger partial charge in [-0.3, -0.25) is 29.7 Å². The molecule has 4 aliphatic heterocycles. The van der Waals surface area contributed by atoms with Crippen molar-refractivity contribution in [3.05, 3.63) is 45.0 Å². The Bertz CT molecular complexity index is 1680. The van der Waals surface area contributed by atoms with Gasteiger partial charge in [-0.1, -0.05) is 5.16 Å². The van der Waals surface area contributed by atoms with Crippen LogP contribution in [0.25, 0.3) is 0 Å². The third-order valence-electron chi connectivity index (χ3n) is 7.39. The van der Waals surface area contributed by atoms with E-state index in [-0.39, 0.29) is 33.7 Å². The highest BCUT2D eigenvalue weighted by molar-refractivity contribution is 8.03. The van der Waals surface area contributed by atoms with Crippen LogP contribution < -0.4 is 27.9 Å². The summed E-state index contributed by atoms with van der Waals surface area (Å²) in [6.45, 7) is 8.12. The number of oxime groups is 1. The lowest BCUT2D eigenvalue weighted by Crippen LogP contribution is -2.71. The number of thiazole rings is 1. The van der Waals surface area contributed by atoms with Crippen molar-refractivity contribution < 1.29 is 34.2 Å². The largest absolute Gasteiger partial charge is 0.477 e. The number of amides is 3. The molecule has 0 saturated carbocycles. The summed E-state index contributed by atoms with van der Waals surface area (Å²) < 4.78 is 0. The number of nitrogens with zero attached hydrogens (tertiary/aromatic N) is 6. The van der Waals surface area contributed by atoms with E-state index >= 15 is 0 Å². The van der Waals surface area contributed by atoms with Crippen LogP contribution in [0.2, 0.25) is 0 Å². The fraction of sp³-hybridized carbons (Fsp3) is 0.423. The number of rotatable bonds is 11. The summed E-state index contributed by atoms with van der Waals surface area (Å²) in [4.78, 5) is 66.5. The number of anilines is 1. The van der Waals surface area contributed by atoms with Crippen molar-refractivity contribution in [1.29, 1.82) is 0 Å². The molecule has 1 aromatic heterocycles. The number of nitrogen functional groups attached to an aromatic ring is 1. The van der Waals surface area contributed by atoms with E-state index in [4.69, 9.17) is 16.4 Å². The van der Waals surface area contributed by atoms with Gasteiger partial charge in [0.05, 0.1) is 11.2 Å². The van der Waals surface area contributed by atoms with E-state index in [1.54, 1.807) is 18.1 Å². The van der Waals surface area contributed by atoms with Gasteiger partial charge in [-0.15, -0.1) is 40.4 Å². The van der Waals surface area contributed by atoms with E-state index in [2.05, 4.69) is 26.0 Å². The lowest BCUT2D eigenvalue weighted by molar-refractivity contribution is -0.150. The SMILES string of the molecule is CC1=NC2=CN([C@H](C)O)NN2C(SCC2=C(C(=O)O)N3C(=O)C(NC(=O)/C(=N\OC(C)(C)C(=O)NN)c4csc(N)n4)[C@H]3SC2)=C1C. The first-order valence-corrected chi connectivity index (χ1v) is 16.9.